The molecule has 140 valence electrons. The normalized spacial score (nSPS) is 15.1. The van der Waals surface area contributed by atoms with Crippen LogP contribution in [-0.2, 0) is 10.8 Å². The van der Waals surface area contributed by atoms with E-state index in [1.807, 2.05) is 18.3 Å². The maximum Gasteiger partial charge on any atom is 0.227 e. The summed E-state index contributed by atoms with van der Waals surface area (Å²) in [5, 5.41) is 1.39. The first-order chi connectivity index (χ1) is 12.9. The number of benzene rings is 2. The lowest BCUT2D eigenvalue weighted by molar-refractivity contribution is 0.186. The maximum absolute atomic E-state index is 7.08. The lowest BCUT2D eigenvalue weighted by Crippen LogP contribution is -2.55. The van der Waals surface area contributed by atoms with E-state index in [9.17, 15) is 0 Å². The van der Waals surface area contributed by atoms with Crippen LogP contribution in [0.2, 0.25) is 11.6 Å². The summed E-state index contributed by atoms with van der Waals surface area (Å²) in [6.45, 7) is 9.25. The van der Waals surface area contributed by atoms with Gasteiger partial charge < -0.3 is 4.43 Å². The third-order valence-corrected chi connectivity index (χ3v) is 10.5. The zero-order chi connectivity index (χ0) is 19.3. The Morgan fingerprint density at radius 1 is 0.852 bits per heavy atom. The van der Waals surface area contributed by atoms with Gasteiger partial charge in [-0.3, -0.25) is 4.98 Å². The molecular weight excluding hydrogens is 346 g/mol. The van der Waals surface area contributed by atoms with E-state index < -0.39 is 8.32 Å². The van der Waals surface area contributed by atoms with Crippen LogP contribution in [0.4, 0.5) is 0 Å². The van der Waals surface area contributed by atoms with Gasteiger partial charge in [-0.15, -0.1) is 0 Å². The number of rotatable bonds is 6. The number of nitrogens with zero attached hydrogens (tertiary/aromatic N) is 1. The van der Waals surface area contributed by atoms with Crippen molar-refractivity contribution >= 4 is 13.5 Å². The zero-order valence-corrected chi connectivity index (χ0v) is 17.7. The second kappa shape index (κ2) is 8.20. The average molecular weight is 376 g/mol. The van der Waals surface area contributed by atoms with Crippen LogP contribution in [0.3, 0.4) is 0 Å². The smallest absolute Gasteiger partial charge is 0.227 e. The molecule has 2 nitrogen and oxygen atoms in total. The Hall–Kier alpha value is -2.23. The summed E-state index contributed by atoms with van der Waals surface area (Å²) in [6.07, 6.45) is 2.61. The van der Waals surface area contributed by atoms with Crippen LogP contribution in [0.25, 0.3) is 0 Å². The highest BCUT2D eigenvalue weighted by Crippen LogP contribution is 2.40. The Morgan fingerprint density at radius 3 is 2.00 bits per heavy atom. The van der Waals surface area contributed by atoms with E-state index in [0.29, 0.717) is 0 Å². The van der Waals surface area contributed by atoms with Gasteiger partial charge in [-0.05, 0) is 34.5 Å². The van der Waals surface area contributed by atoms with Crippen molar-refractivity contribution in [3.05, 3.63) is 96.3 Å². The van der Waals surface area contributed by atoms with E-state index in [4.69, 9.17) is 4.43 Å². The third-order valence-electron chi connectivity index (χ3n) is 5.43. The standard InChI is InChI=1S/C24H29NOSi/c1-24(2,3)27(4,22-16-9-6-10-17-22)26-23(20-13-7-5-8-14-20)19-21-15-11-12-18-25-21/h5-18,23H,19H2,1-4H3/t23-,27+/m1/s1. The van der Waals surface area contributed by atoms with Crippen molar-refractivity contribution < 1.29 is 4.43 Å². The van der Waals surface area contributed by atoms with E-state index in [2.05, 4.69) is 99.0 Å². The Bertz CT molecular complexity index is 831. The van der Waals surface area contributed by atoms with Crippen molar-refractivity contribution in [3.8, 4) is 0 Å². The van der Waals surface area contributed by atoms with Crippen molar-refractivity contribution in [2.24, 2.45) is 0 Å². The minimum Gasteiger partial charge on any atom is -0.405 e. The molecule has 0 saturated carbocycles. The van der Waals surface area contributed by atoms with Gasteiger partial charge in [0.05, 0.1) is 6.10 Å². The molecule has 0 fully saturated rings. The Labute approximate surface area is 164 Å². The highest BCUT2D eigenvalue weighted by molar-refractivity contribution is 6.87. The van der Waals surface area contributed by atoms with Gasteiger partial charge in [-0.2, -0.15) is 0 Å². The molecule has 3 aromatic rings. The molecule has 0 saturated heterocycles. The Morgan fingerprint density at radius 2 is 1.44 bits per heavy atom. The van der Waals surface area contributed by atoms with E-state index in [-0.39, 0.29) is 11.1 Å². The second-order valence-electron chi connectivity index (χ2n) is 8.19. The summed E-state index contributed by atoms with van der Waals surface area (Å²) in [6, 6.07) is 27.4. The number of aromatic nitrogens is 1. The zero-order valence-electron chi connectivity index (χ0n) is 16.7. The van der Waals surface area contributed by atoms with Gasteiger partial charge in [0.1, 0.15) is 0 Å². The molecule has 0 radical (unpaired) electrons. The minimum atomic E-state index is -2.25. The van der Waals surface area contributed by atoms with Crippen LogP contribution in [0.5, 0.6) is 0 Å². The fraction of sp³-hybridized carbons (Fsp3) is 0.292. The van der Waals surface area contributed by atoms with Gasteiger partial charge in [0, 0.05) is 18.3 Å². The van der Waals surface area contributed by atoms with Crippen molar-refractivity contribution in [2.45, 2.75) is 44.9 Å². The second-order valence-corrected chi connectivity index (χ2v) is 12.6. The van der Waals surface area contributed by atoms with Crippen molar-refractivity contribution in [1.29, 1.82) is 0 Å². The molecule has 0 N–H and O–H groups in total. The van der Waals surface area contributed by atoms with Gasteiger partial charge in [0.25, 0.3) is 0 Å². The summed E-state index contributed by atoms with van der Waals surface area (Å²) < 4.78 is 7.08. The first-order valence-electron chi connectivity index (χ1n) is 9.58. The summed E-state index contributed by atoms with van der Waals surface area (Å²) in [5.74, 6) is 0. The molecule has 0 aliphatic carbocycles. The van der Waals surface area contributed by atoms with Crippen molar-refractivity contribution in [3.63, 3.8) is 0 Å². The molecule has 2 atom stereocenters. The van der Waals surface area contributed by atoms with Crippen LogP contribution in [-0.4, -0.2) is 13.3 Å². The molecule has 0 spiro atoms. The predicted octanol–water partition coefficient (Wildman–Crippen LogP) is 5.66. The van der Waals surface area contributed by atoms with Crippen LogP contribution in [0, 0.1) is 0 Å². The average Bonchev–Trinajstić information content (AvgIpc) is 2.69. The number of hydrogen-bond donors (Lipinski definition) is 0. The summed E-state index contributed by atoms with van der Waals surface area (Å²) in [5.41, 5.74) is 2.27. The SMILES string of the molecule is CC(C)(C)[Si@@](C)(O[C@H](Cc1ccccn1)c1ccccc1)c1ccccc1. The topological polar surface area (TPSA) is 22.1 Å². The molecule has 3 heteroatoms. The maximum atomic E-state index is 7.08. The fourth-order valence-electron chi connectivity index (χ4n) is 3.32. The highest BCUT2D eigenvalue weighted by atomic mass is 28.4. The Kier molecular flexibility index (Phi) is 5.93. The monoisotopic (exact) mass is 375 g/mol. The van der Waals surface area contributed by atoms with Gasteiger partial charge in [-0.1, -0.05) is 87.5 Å². The fourth-order valence-corrected chi connectivity index (χ4v) is 6.30. The van der Waals surface area contributed by atoms with Crippen LogP contribution >= 0.6 is 0 Å². The van der Waals surface area contributed by atoms with Crippen LogP contribution in [0.1, 0.15) is 38.1 Å². The molecule has 2 aromatic carbocycles. The predicted molar refractivity (Wildman–Crippen MR) is 116 cm³/mol. The number of hydrogen-bond acceptors (Lipinski definition) is 2. The molecule has 1 heterocycles. The molecule has 3 rings (SSSR count). The summed E-state index contributed by atoms with van der Waals surface area (Å²) in [7, 11) is -2.25. The molecule has 27 heavy (non-hydrogen) atoms. The molecule has 0 bridgehead atoms. The largest absolute Gasteiger partial charge is 0.405 e. The highest BCUT2D eigenvalue weighted by Gasteiger charge is 2.45. The summed E-state index contributed by atoms with van der Waals surface area (Å²) >= 11 is 0. The van der Waals surface area contributed by atoms with E-state index in [1.54, 1.807) is 0 Å². The number of pyridine rings is 1. The summed E-state index contributed by atoms with van der Waals surface area (Å²) in [4.78, 5) is 4.54. The van der Waals surface area contributed by atoms with Crippen molar-refractivity contribution in [2.75, 3.05) is 0 Å². The minimum absolute atomic E-state index is 0.0165. The molecule has 0 amide bonds. The molecule has 0 aliphatic rings. The van der Waals surface area contributed by atoms with E-state index in [1.165, 1.54) is 10.8 Å². The van der Waals surface area contributed by atoms with E-state index >= 15 is 0 Å². The molecule has 1 aromatic heterocycles. The van der Waals surface area contributed by atoms with Crippen molar-refractivity contribution in [1.82, 2.24) is 4.98 Å². The first kappa shape index (κ1) is 19.5. The van der Waals surface area contributed by atoms with Crippen LogP contribution in [0.15, 0.2) is 85.1 Å². The Balaban J connectivity index is 2.00. The molecular formula is C24H29NOSi. The van der Waals surface area contributed by atoms with E-state index in [0.717, 1.165) is 12.1 Å². The van der Waals surface area contributed by atoms with Gasteiger partial charge in [-0.25, -0.2) is 0 Å². The van der Waals surface area contributed by atoms with Gasteiger partial charge >= 0.3 is 0 Å². The lowest BCUT2D eigenvalue weighted by Gasteiger charge is -2.42. The van der Waals surface area contributed by atoms with Gasteiger partial charge in [0.15, 0.2) is 0 Å². The molecule has 0 unspecified atom stereocenters. The third kappa shape index (κ3) is 4.55. The van der Waals surface area contributed by atoms with Gasteiger partial charge in [0.2, 0.25) is 8.32 Å². The lowest BCUT2D eigenvalue weighted by atomic mass is 10.0. The van der Waals surface area contributed by atoms with Crippen LogP contribution < -0.4 is 5.19 Å². The first-order valence-corrected chi connectivity index (χ1v) is 12.0. The molecule has 0 aliphatic heterocycles. The quantitative estimate of drug-likeness (QED) is 0.518.